The van der Waals surface area contributed by atoms with Crippen LogP contribution < -0.4 is 5.32 Å². The lowest BCUT2D eigenvalue weighted by atomic mass is 9.99. The lowest BCUT2D eigenvalue weighted by Crippen LogP contribution is -2.36. The molecule has 0 unspecified atom stereocenters. The van der Waals surface area contributed by atoms with Crippen molar-refractivity contribution in [1.29, 1.82) is 0 Å². The SMILES string of the molecule is O=C(CN1CC=C(c2ccc(O)cc2)CC1)Nc1ccc(Br)cc1Cl. The Bertz CT molecular complexity index is 806. The molecule has 0 fully saturated rings. The number of phenolic OH excluding ortho intramolecular Hbond substituents is 1. The molecule has 1 heterocycles. The normalized spacial score (nSPS) is 14.9. The number of rotatable bonds is 4. The van der Waals surface area contributed by atoms with Crippen LogP contribution in [0.1, 0.15) is 12.0 Å². The fraction of sp³-hybridized carbons (Fsp3) is 0.211. The molecule has 1 aliphatic rings. The van der Waals surface area contributed by atoms with Gasteiger partial charge in [0.2, 0.25) is 5.91 Å². The highest BCUT2D eigenvalue weighted by atomic mass is 79.9. The molecule has 3 rings (SSSR count). The van der Waals surface area contributed by atoms with E-state index in [4.69, 9.17) is 11.6 Å². The predicted molar refractivity (Wildman–Crippen MR) is 105 cm³/mol. The molecule has 0 bridgehead atoms. The highest BCUT2D eigenvalue weighted by Gasteiger charge is 2.16. The number of anilines is 1. The standard InChI is InChI=1S/C19H18BrClN2O2/c20-15-3-6-18(17(21)11-15)22-19(25)12-23-9-7-14(8-10-23)13-1-4-16(24)5-2-13/h1-7,11,24H,8-10,12H2,(H,22,25). The molecule has 0 saturated carbocycles. The zero-order valence-corrected chi connectivity index (χ0v) is 15.8. The third-order valence-corrected chi connectivity index (χ3v) is 4.91. The number of nitrogens with one attached hydrogen (secondary N) is 1. The molecule has 1 amide bonds. The van der Waals surface area contributed by atoms with Crippen molar-refractivity contribution in [2.75, 3.05) is 25.0 Å². The molecular formula is C19H18BrClN2O2. The number of carbonyl (C=O) groups excluding carboxylic acids is 1. The zero-order valence-electron chi connectivity index (χ0n) is 13.5. The van der Waals surface area contributed by atoms with E-state index in [0.717, 1.165) is 29.5 Å². The average Bonchev–Trinajstić information content (AvgIpc) is 2.59. The third-order valence-electron chi connectivity index (χ3n) is 4.10. The van der Waals surface area contributed by atoms with Gasteiger partial charge in [-0.05, 0) is 47.9 Å². The van der Waals surface area contributed by atoms with Crippen LogP contribution in [0.25, 0.3) is 5.57 Å². The number of hydrogen-bond donors (Lipinski definition) is 2. The van der Waals surface area contributed by atoms with E-state index >= 15 is 0 Å². The molecule has 6 heteroatoms. The summed E-state index contributed by atoms with van der Waals surface area (Å²) >= 11 is 9.47. The smallest absolute Gasteiger partial charge is 0.238 e. The van der Waals surface area contributed by atoms with E-state index in [-0.39, 0.29) is 11.7 Å². The van der Waals surface area contributed by atoms with Crippen LogP contribution in [0.5, 0.6) is 5.75 Å². The molecule has 0 aromatic heterocycles. The molecule has 4 nitrogen and oxygen atoms in total. The largest absolute Gasteiger partial charge is 0.508 e. The van der Waals surface area contributed by atoms with E-state index in [2.05, 4.69) is 32.2 Å². The van der Waals surface area contributed by atoms with Crippen LogP contribution >= 0.6 is 27.5 Å². The molecule has 0 aliphatic carbocycles. The van der Waals surface area contributed by atoms with Crippen molar-refractivity contribution in [2.24, 2.45) is 0 Å². The Morgan fingerprint density at radius 2 is 2.00 bits per heavy atom. The average molecular weight is 422 g/mol. The molecule has 0 spiro atoms. The Hall–Kier alpha value is -1.82. The fourth-order valence-corrected chi connectivity index (χ4v) is 3.50. The maximum Gasteiger partial charge on any atom is 0.238 e. The summed E-state index contributed by atoms with van der Waals surface area (Å²) in [5, 5.41) is 12.7. The number of hydrogen-bond acceptors (Lipinski definition) is 3. The topological polar surface area (TPSA) is 52.6 Å². The summed E-state index contributed by atoms with van der Waals surface area (Å²) in [5.41, 5.74) is 2.98. The number of aromatic hydroxyl groups is 1. The lowest BCUT2D eigenvalue weighted by molar-refractivity contribution is -0.117. The Labute approximate surface area is 160 Å². The second-order valence-electron chi connectivity index (χ2n) is 5.93. The van der Waals surface area contributed by atoms with Gasteiger partial charge in [0.15, 0.2) is 0 Å². The van der Waals surface area contributed by atoms with Crippen molar-refractivity contribution in [2.45, 2.75) is 6.42 Å². The van der Waals surface area contributed by atoms with Crippen molar-refractivity contribution in [3.63, 3.8) is 0 Å². The molecule has 1 aliphatic heterocycles. The predicted octanol–water partition coefficient (Wildman–Crippen LogP) is 4.54. The number of phenols is 1. The first-order valence-electron chi connectivity index (χ1n) is 7.97. The van der Waals surface area contributed by atoms with Gasteiger partial charge in [0.25, 0.3) is 0 Å². The van der Waals surface area contributed by atoms with Crippen molar-refractivity contribution >= 4 is 44.7 Å². The number of carbonyl (C=O) groups is 1. The van der Waals surface area contributed by atoms with Gasteiger partial charge in [-0.25, -0.2) is 0 Å². The van der Waals surface area contributed by atoms with Gasteiger partial charge in [0.1, 0.15) is 5.75 Å². The van der Waals surface area contributed by atoms with Gasteiger partial charge >= 0.3 is 0 Å². The maximum absolute atomic E-state index is 12.2. The summed E-state index contributed by atoms with van der Waals surface area (Å²) in [6, 6.07) is 12.6. The highest BCUT2D eigenvalue weighted by Crippen LogP contribution is 2.26. The van der Waals surface area contributed by atoms with Gasteiger partial charge in [-0.1, -0.05) is 45.7 Å². The quantitative estimate of drug-likeness (QED) is 0.762. The minimum Gasteiger partial charge on any atom is -0.508 e. The Kier molecular flexibility index (Phi) is 5.78. The van der Waals surface area contributed by atoms with Gasteiger partial charge < -0.3 is 10.4 Å². The molecular weight excluding hydrogens is 404 g/mol. The molecule has 0 radical (unpaired) electrons. The van der Waals surface area contributed by atoms with Crippen LogP contribution in [0.2, 0.25) is 5.02 Å². The van der Waals surface area contributed by atoms with E-state index in [9.17, 15) is 9.90 Å². The zero-order chi connectivity index (χ0) is 17.8. The van der Waals surface area contributed by atoms with Gasteiger partial charge in [-0.3, -0.25) is 9.69 Å². The van der Waals surface area contributed by atoms with Crippen LogP contribution in [0.15, 0.2) is 53.0 Å². The number of halogens is 2. The van der Waals surface area contributed by atoms with Crippen LogP contribution in [0.3, 0.4) is 0 Å². The first kappa shape index (κ1) is 18.0. The Balaban J connectivity index is 1.56. The maximum atomic E-state index is 12.2. The fourth-order valence-electron chi connectivity index (χ4n) is 2.78. The summed E-state index contributed by atoms with van der Waals surface area (Å²) in [7, 11) is 0. The van der Waals surface area contributed by atoms with Gasteiger partial charge in [0, 0.05) is 17.6 Å². The number of amides is 1. The lowest BCUT2D eigenvalue weighted by Gasteiger charge is -2.26. The first-order valence-corrected chi connectivity index (χ1v) is 9.14. The van der Waals surface area contributed by atoms with Crippen LogP contribution in [-0.2, 0) is 4.79 Å². The van der Waals surface area contributed by atoms with Crippen molar-refractivity contribution in [3.8, 4) is 5.75 Å². The second-order valence-corrected chi connectivity index (χ2v) is 7.26. The van der Waals surface area contributed by atoms with Crippen LogP contribution in [0, 0.1) is 0 Å². The summed E-state index contributed by atoms with van der Waals surface area (Å²) in [6.07, 6.45) is 3.01. The molecule has 2 N–H and O–H groups in total. The Morgan fingerprint density at radius 1 is 1.24 bits per heavy atom. The molecule has 2 aromatic rings. The van der Waals surface area contributed by atoms with Crippen LogP contribution in [-0.4, -0.2) is 35.5 Å². The summed E-state index contributed by atoms with van der Waals surface area (Å²) in [5.74, 6) is 0.191. The van der Waals surface area contributed by atoms with Gasteiger partial charge in [0.05, 0.1) is 17.3 Å². The number of nitrogens with zero attached hydrogens (tertiary/aromatic N) is 1. The molecule has 2 aromatic carbocycles. The van der Waals surface area contributed by atoms with E-state index in [0.29, 0.717) is 17.3 Å². The summed E-state index contributed by atoms with van der Waals surface area (Å²) < 4.78 is 0.874. The molecule has 0 atom stereocenters. The minimum atomic E-state index is -0.0781. The van der Waals surface area contributed by atoms with E-state index in [1.54, 1.807) is 24.3 Å². The van der Waals surface area contributed by atoms with E-state index < -0.39 is 0 Å². The Morgan fingerprint density at radius 3 is 2.64 bits per heavy atom. The molecule has 0 saturated heterocycles. The molecule has 25 heavy (non-hydrogen) atoms. The summed E-state index contributed by atoms with van der Waals surface area (Å²) in [4.78, 5) is 14.3. The highest BCUT2D eigenvalue weighted by molar-refractivity contribution is 9.10. The monoisotopic (exact) mass is 420 g/mol. The van der Waals surface area contributed by atoms with Crippen molar-refractivity contribution < 1.29 is 9.90 Å². The van der Waals surface area contributed by atoms with E-state index in [1.807, 2.05) is 18.2 Å². The van der Waals surface area contributed by atoms with Crippen LogP contribution in [0.4, 0.5) is 5.69 Å². The first-order chi connectivity index (χ1) is 12.0. The molecule has 130 valence electrons. The third kappa shape index (κ3) is 4.84. The summed E-state index contributed by atoms with van der Waals surface area (Å²) in [6.45, 7) is 1.86. The minimum absolute atomic E-state index is 0.0781. The van der Waals surface area contributed by atoms with Gasteiger partial charge in [-0.15, -0.1) is 0 Å². The van der Waals surface area contributed by atoms with E-state index in [1.165, 1.54) is 5.57 Å². The van der Waals surface area contributed by atoms with Gasteiger partial charge in [-0.2, -0.15) is 0 Å². The van der Waals surface area contributed by atoms with Crippen molar-refractivity contribution in [3.05, 3.63) is 63.6 Å². The number of benzene rings is 2. The van der Waals surface area contributed by atoms with Crippen molar-refractivity contribution in [1.82, 2.24) is 4.90 Å². The second kappa shape index (κ2) is 8.04.